The standard InChI is InChI=1S/C24H30N2O4S/c1-3-4-5-9-21(28)17-10-12-18(13-11-17)26-20(23(29)25-24(26)30)8-6-7-19-14-15-22(31-19)16(2)27/h10-15,20-21,28H,3-9H2,1-2H3,(H,25,29,30)/t20-,21+/m1/s1. The van der Waals surface area contributed by atoms with Gasteiger partial charge in [-0.25, -0.2) is 4.79 Å². The van der Waals surface area contributed by atoms with Crippen LogP contribution >= 0.6 is 11.3 Å². The number of carbonyl (C=O) groups excluding carboxylic acids is 3. The highest BCUT2D eigenvalue weighted by Crippen LogP contribution is 2.28. The summed E-state index contributed by atoms with van der Waals surface area (Å²) in [4.78, 5) is 39.6. The molecule has 2 heterocycles. The number of nitrogens with zero attached hydrogens (tertiary/aromatic N) is 1. The van der Waals surface area contributed by atoms with Crippen LogP contribution in [-0.4, -0.2) is 28.9 Å². The number of aryl methyl sites for hydroxylation is 1. The Bertz CT molecular complexity index is 922. The Hall–Kier alpha value is -2.51. The molecule has 0 aliphatic carbocycles. The summed E-state index contributed by atoms with van der Waals surface area (Å²) >= 11 is 1.48. The van der Waals surface area contributed by atoms with Crippen LogP contribution in [0.5, 0.6) is 0 Å². The lowest BCUT2D eigenvalue weighted by molar-refractivity contribution is -0.120. The molecule has 31 heavy (non-hydrogen) atoms. The number of Topliss-reactive ketones (excluding diaryl/α,β-unsaturated/α-hetero) is 1. The fourth-order valence-corrected chi connectivity index (χ4v) is 4.79. The summed E-state index contributed by atoms with van der Waals surface area (Å²) in [7, 11) is 0. The van der Waals surface area contributed by atoms with E-state index in [4.69, 9.17) is 0 Å². The van der Waals surface area contributed by atoms with Crippen molar-refractivity contribution in [1.82, 2.24) is 5.32 Å². The van der Waals surface area contributed by atoms with Gasteiger partial charge in [0.2, 0.25) is 0 Å². The number of unbranched alkanes of at least 4 members (excludes halogenated alkanes) is 2. The third-order valence-electron chi connectivity index (χ3n) is 5.61. The van der Waals surface area contributed by atoms with Crippen LogP contribution in [0.25, 0.3) is 0 Å². The molecule has 0 unspecified atom stereocenters. The van der Waals surface area contributed by atoms with Crippen molar-refractivity contribution in [2.75, 3.05) is 4.90 Å². The van der Waals surface area contributed by atoms with Gasteiger partial charge in [-0.1, -0.05) is 38.3 Å². The highest BCUT2D eigenvalue weighted by Gasteiger charge is 2.38. The summed E-state index contributed by atoms with van der Waals surface area (Å²) in [5.41, 5.74) is 1.47. The molecule has 1 aromatic carbocycles. The number of anilines is 1. The maximum Gasteiger partial charge on any atom is 0.329 e. The minimum absolute atomic E-state index is 0.0575. The van der Waals surface area contributed by atoms with Gasteiger partial charge in [-0.15, -0.1) is 11.3 Å². The predicted molar refractivity (Wildman–Crippen MR) is 123 cm³/mol. The number of benzene rings is 1. The van der Waals surface area contributed by atoms with Crippen LogP contribution < -0.4 is 10.2 Å². The smallest absolute Gasteiger partial charge is 0.329 e. The summed E-state index contributed by atoms with van der Waals surface area (Å²) < 4.78 is 0. The molecule has 2 atom stereocenters. The Morgan fingerprint density at radius 2 is 1.87 bits per heavy atom. The number of aliphatic hydroxyl groups is 1. The van der Waals surface area contributed by atoms with Gasteiger partial charge in [-0.2, -0.15) is 0 Å². The van der Waals surface area contributed by atoms with Gasteiger partial charge in [0.05, 0.1) is 11.0 Å². The van der Waals surface area contributed by atoms with Gasteiger partial charge in [0.25, 0.3) is 5.91 Å². The third-order valence-corrected chi connectivity index (χ3v) is 6.86. The number of rotatable bonds is 11. The molecule has 1 aromatic heterocycles. The van der Waals surface area contributed by atoms with E-state index in [2.05, 4.69) is 12.2 Å². The minimum Gasteiger partial charge on any atom is -0.388 e. The van der Waals surface area contributed by atoms with Gasteiger partial charge in [-0.05, 0) is 62.4 Å². The number of carbonyl (C=O) groups is 3. The zero-order chi connectivity index (χ0) is 22.4. The average Bonchev–Trinajstić information content (AvgIpc) is 3.33. The quantitative estimate of drug-likeness (QED) is 0.291. The molecule has 3 rings (SSSR count). The molecule has 166 valence electrons. The van der Waals surface area contributed by atoms with Crippen molar-refractivity contribution in [2.24, 2.45) is 0 Å². The van der Waals surface area contributed by atoms with Gasteiger partial charge in [0, 0.05) is 10.6 Å². The molecular formula is C24H30N2O4S. The highest BCUT2D eigenvalue weighted by atomic mass is 32.1. The summed E-state index contributed by atoms with van der Waals surface area (Å²) in [6, 6.07) is 10.1. The molecule has 0 spiro atoms. The highest BCUT2D eigenvalue weighted by molar-refractivity contribution is 7.14. The lowest BCUT2D eigenvalue weighted by atomic mass is 10.0. The average molecular weight is 443 g/mol. The summed E-state index contributed by atoms with van der Waals surface area (Å²) in [5, 5.41) is 12.8. The maximum absolute atomic E-state index is 12.4. The number of aliphatic hydroxyl groups excluding tert-OH is 1. The van der Waals surface area contributed by atoms with Gasteiger partial charge >= 0.3 is 6.03 Å². The zero-order valence-electron chi connectivity index (χ0n) is 18.1. The van der Waals surface area contributed by atoms with Crippen molar-refractivity contribution < 1.29 is 19.5 Å². The van der Waals surface area contributed by atoms with E-state index in [0.717, 1.165) is 47.4 Å². The molecule has 0 saturated carbocycles. The first-order valence-electron chi connectivity index (χ1n) is 10.9. The number of nitrogens with one attached hydrogen (secondary N) is 1. The van der Waals surface area contributed by atoms with Crippen LogP contribution in [0.2, 0.25) is 0 Å². The first-order chi connectivity index (χ1) is 14.9. The number of hydrogen-bond donors (Lipinski definition) is 2. The second-order valence-electron chi connectivity index (χ2n) is 8.00. The molecule has 6 nitrogen and oxygen atoms in total. The second-order valence-corrected chi connectivity index (χ2v) is 9.17. The largest absolute Gasteiger partial charge is 0.388 e. The number of imide groups is 1. The maximum atomic E-state index is 12.4. The van der Waals surface area contributed by atoms with Crippen molar-refractivity contribution in [3.63, 3.8) is 0 Å². The number of hydrogen-bond acceptors (Lipinski definition) is 5. The Morgan fingerprint density at radius 3 is 2.52 bits per heavy atom. The molecule has 3 amide bonds. The van der Waals surface area contributed by atoms with Gasteiger partial charge < -0.3 is 5.11 Å². The van der Waals surface area contributed by atoms with E-state index < -0.39 is 18.2 Å². The van der Waals surface area contributed by atoms with E-state index in [0.29, 0.717) is 18.5 Å². The van der Waals surface area contributed by atoms with Crippen molar-refractivity contribution in [3.05, 3.63) is 51.7 Å². The van der Waals surface area contributed by atoms with Gasteiger partial charge in [0.15, 0.2) is 5.78 Å². The fourth-order valence-electron chi connectivity index (χ4n) is 3.85. The van der Waals surface area contributed by atoms with Gasteiger partial charge in [-0.3, -0.25) is 19.8 Å². The van der Waals surface area contributed by atoms with Crippen LogP contribution in [0.3, 0.4) is 0 Å². The molecular weight excluding hydrogens is 412 g/mol. The van der Waals surface area contributed by atoms with Crippen molar-refractivity contribution in [2.45, 2.75) is 70.9 Å². The minimum atomic E-state index is -0.555. The predicted octanol–water partition coefficient (Wildman–Crippen LogP) is 5.01. The van der Waals surface area contributed by atoms with Crippen LogP contribution in [0.15, 0.2) is 36.4 Å². The van der Waals surface area contributed by atoms with Crippen molar-refractivity contribution in [3.8, 4) is 0 Å². The Balaban J connectivity index is 1.62. The molecule has 0 radical (unpaired) electrons. The topological polar surface area (TPSA) is 86.7 Å². The van der Waals surface area contributed by atoms with E-state index in [1.165, 1.54) is 16.2 Å². The lowest BCUT2D eigenvalue weighted by Crippen LogP contribution is -2.35. The Kier molecular flexibility index (Phi) is 7.98. The molecule has 1 fully saturated rings. The van der Waals surface area contributed by atoms with Crippen LogP contribution in [-0.2, 0) is 11.2 Å². The van der Waals surface area contributed by atoms with Gasteiger partial charge in [0.1, 0.15) is 6.04 Å². The molecule has 1 aliphatic rings. The summed E-state index contributed by atoms with van der Waals surface area (Å²) in [6.45, 7) is 3.68. The van der Waals surface area contributed by atoms with Crippen LogP contribution in [0.4, 0.5) is 10.5 Å². The first-order valence-corrected chi connectivity index (χ1v) is 11.7. The number of ketones is 1. The van der Waals surface area contributed by atoms with E-state index >= 15 is 0 Å². The second kappa shape index (κ2) is 10.7. The molecule has 1 saturated heterocycles. The normalized spacial score (nSPS) is 17.1. The third kappa shape index (κ3) is 5.80. The van der Waals surface area contributed by atoms with Crippen molar-refractivity contribution in [1.29, 1.82) is 0 Å². The molecule has 2 aromatic rings. The molecule has 2 N–H and O–H groups in total. The monoisotopic (exact) mass is 442 g/mol. The molecule has 1 aliphatic heterocycles. The lowest BCUT2D eigenvalue weighted by Gasteiger charge is -2.22. The summed E-state index contributed by atoms with van der Waals surface area (Å²) in [6.07, 6.45) is 5.39. The zero-order valence-corrected chi connectivity index (χ0v) is 18.9. The first kappa shape index (κ1) is 23.2. The van der Waals surface area contributed by atoms with Crippen LogP contribution in [0, 0.1) is 0 Å². The Labute approximate surface area is 187 Å². The SMILES string of the molecule is CCCCC[C@H](O)c1ccc(N2C(=O)NC(=O)[C@H]2CCCc2ccc(C(C)=O)s2)cc1. The van der Waals surface area contributed by atoms with Crippen molar-refractivity contribution >= 4 is 34.7 Å². The number of amides is 3. The Morgan fingerprint density at radius 1 is 1.13 bits per heavy atom. The van der Waals surface area contributed by atoms with E-state index in [1.807, 2.05) is 24.3 Å². The number of thiophene rings is 1. The fraction of sp³-hybridized carbons (Fsp3) is 0.458. The molecule has 0 bridgehead atoms. The summed E-state index contributed by atoms with van der Waals surface area (Å²) in [5.74, 6) is -0.230. The van der Waals surface area contributed by atoms with E-state index in [9.17, 15) is 19.5 Å². The number of urea groups is 1. The molecule has 7 heteroatoms. The van der Waals surface area contributed by atoms with E-state index in [1.54, 1.807) is 19.1 Å². The van der Waals surface area contributed by atoms with E-state index in [-0.39, 0.29) is 11.7 Å². The van der Waals surface area contributed by atoms with Crippen LogP contribution in [0.1, 0.15) is 78.6 Å².